The maximum atomic E-state index is 13.9. The Morgan fingerprint density at radius 1 is 1.16 bits per heavy atom. The van der Waals surface area contributed by atoms with Crippen LogP contribution in [0.2, 0.25) is 0 Å². The topological polar surface area (TPSA) is 91.1 Å². The Morgan fingerprint density at radius 3 is 2.68 bits per heavy atom. The Kier molecular flexibility index (Phi) is 4.13. The van der Waals surface area contributed by atoms with Gasteiger partial charge in [0, 0.05) is 18.7 Å². The molecule has 1 atom stereocenters. The highest BCUT2D eigenvalue weighted by Gasteiger charge is 2.64. The predicted molar refractivity (Wildman–Crippen MR) is 115 cm³/mol. The summed E-state index contributed by atoms with van der Waals surface area (Å²) >= 11 is 0. The molecule has 3 heterocycles. The SMILES string of the molecule is C=CCN1C(=O)[C@]2(c3ccccc31)c1c(oc3ccc(C)cc3c1=O)C(=O)N2CCO. The Labute approximate surface area is 177 Å². The second kappa shape index (κ2) is 6.65. The molecule has 3 aromatic rings. The van der Waals surface area contributed by atoms with Crippen molar-refractivity contribution in [3.8, 4) is 0 Å². The first-order valence-electron chi connectivity index (χ1n) is 10.00. The zero-order valence-electron chi connectivity index (χ0n) is 16.9. The van der Waals surface area contributed by atoms with E-state index in [1.54, 1.807) is 48.5 Å². The van der Waals surface area contributed by atoms with Gasteiger partial charge >= 0.3 is 0 Å². The second-order valence-electron chi connectivity index (χ2n) is 7.75. The maximum Gasteiger partial charge on any atom is 0.291 e. The van der Waals surface area contributed by atoms with Crippen LogP contribution in [-0.2, 0) is 10.3 Å². The van der Waals surface area contributed by atoms with E-state index in [1.165, 1.54) is 9.80 Å². The number of β-amino-alcohol motifs (C(OH)–C–C–N with tert-alkyl or cyclic N) is 1. The van der Waals surface area contributed by atoms with Crippen molar-refractivity contribution in [3.05, 3.63) is 87.8 Å². The van der Waals surface area contributed by atoms with E-state index in [1.807, 2.05) is 6.92 Å². The fraction of sp³-hybridized carbons (Fsp3) is 0.208. The number of anilines is 1. The van der Waals surface area contributed by atoms with Gasteiger partial charge in [0.15, 0.2) is 11.0 Å². The van der Waals surface area contributed by atoms with E-state index in [0.29, 0.717) is 16.6 Å². The normalized spacial score (nSPS) is 19.4. The first-order valence-corrected chi connectivity index (χ1v) is 10.00. The van der Waals surface area contributed by atoms with E-state index in [0.717, 1.165) is 5.56 Å². The molecule has 7 heteroatoms. The van der Waals surface area contributed by atoms with Gasteiger partial charge in [0.25, 0.3) is 11.8 Å². The summed E-state index contributed by atoms with van der Waals surface area (Å²) in [5.74, 6) is -1.18. The molecule has 5 rings (SSSR count). The third-order valence-electron chi connectivity index (χ3n) is 6.03. The number of hydrogen-bond acceptors (Lipinski definition) is 5. The smallest absolute Gasteiger partial charge is 0.291 e. The summed E-state index contributed by atoms with van der Waals surface area (Å²) in [6.07, 6.45) is 1.59. The predicted octanol–water partition coefficient (Wildman–Crippen LogP) is 2.33. The van der Waals surface area contributed by atoms with Gasteiger partial charge in [-0.15, -0.1) is 6.58 Å². The molecule has 2 amide bonds. The molecular weight excluding hydrogens is 396 g/mol. The molecule has 0 unspecified atom stereocenters. The Balaban J connectivity index is 1.94. The van der Waals surface area contributed by atoms with Crippen molar-refractivity contribution in [1.82, 2.24) is 4.90 Å². The standard InChI is InChI=1S/C24H20N2O5/c1-3-10-25-17-7-5-4-6-16(17)24(23(25)30)19-20(28)15-13-14(2)8-9-18(15)31-21(19)22(29)26(24)11-12-27/h3-9,13,27H,1,10-12H2,2H3/t24-/m0/s1. The number of carbonyl (C=O) groups excluding carboxylic acids is 2. The first kappa shape index (κ1) is 19.3. The molecule has 0 aliphatic carbocycles. The monoisotopic (exact) mass is 416 g/mol. The number of rotatable bonds is 4. The third-order valence-corrected chi connectivity index (χ3v) is 6.03. The molecule has 2 aliphatic rings. The highest BCUT2D eigenvalue weighted by Crippen LogP contribution is 2.52. The molecule has 156 valence electrons. The minimum atomic E-state index is -1.69. The number of para-hydroxylation sites is 1. The van der Waals surface area contributed by atoms with Crippen molar-refractivity contribution in [2.75, 3.05) is 24.6 Å². The number of aliphatic hydroxyl groups is 1. The van der Waals surface area contributed by atoms with Gasteiger partial charge in [0.2, 0.25) is 5.76 Å². The minimum Gasteiger partial charge on any atom is -0.450 e. The van der Waals surface area contributed by atoms with Crippen LogP contribution in [0.4, 0.5) is 5.69 Å². The maximum absolute atomic E-state index is 13.9. The highest BCUT2D eigenvalue weighted by molar-refractivity contribution is 6.17. The number of nitrogens with zero attached hydrogens (tertiary/aromatic N) is 2. The third kappa shape index (κ3) is 2.29. The van der Waals surface area contributed by atoms with Gasteiger partial charge in [0.1, 0.15) is 5.58 Å². The lowest BCUT2D eigenvalue weighted by Gasteiger charge is -2.33. The number of aryl methyl sites for hydroxylation is 1. The van der Waals surface area contributed by atoms with E-state index in [2.05, 4.69) is 6.58 Å². The quantitative estimate of drug-likeness (QED) is 0.659. The fourth-order valence-corrected chi connectivity index (χ4v) is 4.82. The average Bonchev–Trinajstić information content (AvgIpc) is 3.15. The lowest BCUT2D eigenvalue weighted by atomic mass is 9.84. The van der Waals surface area contributed by atoms with Gasteiger partial charge in [0.05, 0.1) is 23.2 Å². The zero-order valence-corrected chi connectivity index (χ0v) is 16.9. The van der Waals surface area contributed by atoms with Crippen LogP contribution in [0.3, 0.4) is 0 Å². The summed E-state index contributed by atoms with van der Waals surface area (Å²) in [6, 6.07) is 12.2. The van der Waals surface area contributed by atoms with Crippen molar-refractivity contribution in [3.63, 3.8) is 0 Å². The van der Waals surface area contributed by atoms with Crippen LogP contribution in [-0.4, -0.2) is 41.5 Å². The van der Waals surface area contributed by atoms with Crippen molar-refractivity contribution in [2.45, 2.75) is 12.5 Å². The molecule has 0 bridgehead atoms. The van der Waals surface area contributed by atoms with Gasteiger partial charge in [-0.2, -0.15) is 0 Å². The van der Waals surface area contributed by atoms with E-state index in [4.69, 9.17) is 4.42 Å². The molecule has 2 aromatic carbocycles. The Hall–Kier alpha value is -3.71. The van der Waals surface area contributed by atoms with E-state index in [-0.39, 0.29) is 36.6 Å². The number of aliphatic hydroxyl groups excluding tert-OH is 1. The van der Waals surface area contributed by atoms with Gasteiger partial charge in [-0.3, -0.25) is 14.4 Å². The number of fused-ring (bicyclic) bond motifs is 5. The van der Waals surface area contributed by atoms with E-state index >= 15 is 0 Å². The van der Waals surface area contributed by atoms with E-state index in [9.17, 15) is 19.5 Å². The van der Waals surface area contributed by atoms with Gasteiger partial charge in [-0.1, -0.05) is 35.9 Å². The number of amides is 2. The Bertz CT molecular complexity index is 1340. The van der Waals surface area contributed by atoms with Gasteiger partial charge in [-0.25, -0.2) is 0 Å². The van der Waals surface area contributed by atoms with Crippen LogP contribution < -0.4 is 10.3 Å². The molecule has 1 spiro atoms. The summed E-state index contributed by atoms with van der Waals surface area (Å²) in [5.41, 5.74) is 0.154. The molecule has 1 N–H and O–H groups in total. The minimum absolute atomic E-state index is 0.00747. The van der Waals surface area contributed by atoms with Crippen LogP contribution in [0.1, 0.15) is 27.2 Å². The summed E-state index contributed by atoms with van der Waals surface area (Å²) in [7, 11) is 0. The fourth-order valence-electron chi connectivity index (χ4n) is 4.82. The van der Waals surface area contributed by atoms with E-state index < -0.39 is 22.8 Å². The molecule has 1 aromatic heterocycles. The first-order chi connectivity index (χ1) is 15.0. The largest absolute Gasteiger partial charge is 0.450 e. The second-order valence-corrected chi connectivity index (χ2v) is 7.75. The molecule has 0 radical (unpaired) electrons. The lowest BCUT2D eigenvalue weighted by molar-refractivity contribution is -0.126. The molecule has 7 nitrogen and oxygen atoms in total. The highest BCUT2D eigenvalue weighted by atomic mass is 16.3. The number of hydrogen-bond donors (Lipinski definition) is 1. The molecule has 0 saturated heterocycles. The lowest BCUT2D eigenvalue weighted by Crippen LogP contribution is -2.54. The van der Waals surface area contributed by atoms with Crippen LogP contribution in [0.5, 0.6) is 0 Å². The van der Waals surface area contributed by atoms with Crippen molar-refractivity contribution >= 4 is 28.5 Å². The molecular formula is C24H20N2O5. The van der Waals surface area contributed by atoms with Crippen LogP contribution in [0, 0.1) is 6.92 Å². The molecule has 31 heavy (non-hydrogen) atoms. The van der Waals surface area contributed by atoms with Crippen LogP contribution in [0.15, 0.2) is 64.3 Å². The summed E-state index contributed by atoms with van der Waals surface area (Å²) in [6.45, 7) is 5.31. The van der Waals surface area contributed by atoms with Crippen molar-refractivity contribution < 1.29 is 19.1 Å². The van der Waals surface area contributed by atoms with Crippen LogP contribution in [0.25, 0.3) is 11.0 Å². The summed E-state index contributed by atoms with van der Waals surface area (Å²) in [5, 5.41) is 10.0. The summed E-state index contributed by atoms with van der Waals surface area (Å²) < 4.78 is 5.91. The van der Waals surface area contributed by atoms with Crippen molar-refractivity contribution in [2.24, 2.45) is 0 Å². The number of carbonyl (C=O) groups is 2. The zero-order chi connectivity index (χ0) is 21.9. The molecule has 0 fully saturated rings. The van der Waals surface area contributed by atoms with Gasteiger partial charge in [-0.05, 0) is 25.1 Å². The Morgan fingerprint density at radius 2 is 1.94 bits per heavy atom. The van der Waals surface area contributed by atoms with Crippen LogP contribution >= 0.6 is 0 Å². The molecule has 2 aliphatic heterocycles. The van der Waals surface area contributed by atoms with Crippen molar-refractivity contribution in [1.29, 1.82) is 0 Å². The summed E-state index contributed by atoms with van der Waals surface area (Å²) in [4.78, 5) is 43.9. The number of benzene rings is 2. The average molecular weight is 416 g/mol. The van der Waals surface area contributed by atoms with Gasteiger partial charge < -0.3 is 19.3 Å². The molecule has 0 saturated carbocycles.